The zero-order valence-corrected chi connectivity index (χ0v) is 12.1. The van der Waals surface area contributed by atoms with Crippen LogP contribution < -0.4 is 5.32 Å². The Hall–Kier alpha value is -1.80. The molecule has 2 aromatic carbocycles. The summed E-state index contributed by atoms with van der Waals surface area (Å²) in [6.07, 6.45) is 2.33. The molecule has 0 amide bonds. The van der Waals surface area contributed by atoms with E-state index in [0.717, 1.165) is 31.9 Å². The molecule has 106 valence electrons. The topological polar surface area (TPSA) is 21.3 Å². The summed E-state index contributed by atoms with van der Waals surface area (Å²) >= 11 is 0. The smallest absolute Gasteiger partial charge is 0.0639 e. The quantitative estimate of drug-likeness (QED) is 0.708. The summed E-state index contributed by atoms with van der Waals surface area (Å²) in [4.78, 5) is 0. The van der Waals surface area contributed by atoms with Gasteiger partial charge in [-0.2, -0.15) is 0 Å². The largest absolute Gasteiger partial charge is 0.383 e. The standard InChI is InChI=1S/C18H23NO/c1-2-3-14-20-15-13-19-18-11-9-17(10-12-18)16-7-5-4-6-8-16/h4-12,19H,2-3,13-15H2,1H3. The van der Waals surface area contributed by atoms with Gasteiger partial charge in [0.25, 0.3) is 0 Å². The molecule has 0 aliphatic heterocycles. The van der Waals surface area contributed by atoms with Crippen molar-refractivity contribution in [3.63, 3.8) is 0 Å². The first-order chi connectivity index (χ1) is 9.90. The zero-order chi connectivity index (χ0) is 14.0. The molecule has 0 heterocycles. The molecule has 0 aliphatic carbocycles. The Morgan fingerprint density at radius 1 is 0.850 bits per heavy atom. The fourth-order valence-electron chi connectivity index (χ4n) is 2.03. The van der Waals surface area contributed by atoms with E-state index in [0.29, 0.717) is 0 Å². The minimum absolute atomic E-state index is 0.764. The molecule has 0 radical (unpaired) electrons. The Morgan fingerprint density at radius 3 is 2.25 bits per heavy atom. The highest BCUT2D eigenvalue weighted by Gasteiger charge is 1.97. The van der Waals surface area contributed by atoms with Gasteiger partial charge >= 0.3 is 0 Å². The third kappa shape index (κ3) is 4.71. The molecule has 0 spiro atoms. The fraction of sp³-hybridized carbons (Fsp3) is 0.333. The lowest BCUT2D eigenvalue weighted by Crippen LogP contribution is -2.09. The summed E-state index contributed by atoms with van der Waals surface area (Å²) in [6.45, 7) is 4.66. The lowest BCUT2D eigenvalue weighted by molar-refractivity contribution is 0.141. The molecule has 0 atom stereocenters. The third-order valence-corrected chi connectivity index (χ3v) is 3.21. The molecule has 0 saturated carbocycles. The first-order valence-corrected chi connectivity index (χ1v) is 7.37. The molecule has 0 saturated heterocycles. The number of ether oxygens (including phenoxy) is 1. The van der Waals surface area contributed by atoms with Gasteiger partial charge in [-0.15, -0.1) is 0 Å². The van der Waals surface area contributed by atoms with Gasteiger partial charge in [0.1, 0.15) is 0 Å². The van der Waals surface area contributed by atoms with Gasteiger partial charge < -0.3 is 10.1 Å². The SMILES string of the molecule is CCCCOCCNc1ccc(-c2ccccc2)cc1. The van der Waals surface area contributed by atoms with E-state index >= 15 is 0 Å². The van der Waals surface area contributed by atoms with Crippen LogP contribution in [0.3, 0.4) is 0 Å². The monoisotopic (exact) mass is 269 g/mol. The minimum atomic E-state index is 0.764. The van der Waals surface area contributed by atoms with E-state index in [4.69, 9.17) is 4.74 Å². The maximum Gasteiger partial charge on any atom is 0.0639 e. The van der Waals surface area contributed by atoms with Crippen LogP contribution in [0.2, 0.25) is 0 Å². The molecule has 2 aromatic rings. The summed E-state index contributed by atoms with van der Waals surface area (Å²) < 4.78 is 5.53. The number of rotatable bonds is 8. The van der Waals surface area contributed by atoms with Crippen molar-refractivity contribution >= 4 is 5.69 Å². The molecular formula is C18H23NO. The van der Waals surface area contributed by atoms with Crippen LogP contribution in [0.5, 0.6) is 0 Å². The average Bonchev–Trinajstić information content (AvgIpc) is 2.52. The number of unbranched alkanes of at least 4 members (excludes halogenated alkanes) is 1. The van der Waals surface area contributed by atoms with Gasteiger partial charge in [-0.25, -0.2) is 0 Å². The van der Waals surface area contributed by atoms with Crippen LogP contribution in [0.15, 0.2) is 54.6 Å². The molecule has 2 heteroatoms. The van der Waals surface area contributed by atoms with Gasteiger partial charge in [-0.3, -0.25) is 0 Å². The van der Waals surface area contributed by atoms with Gasteiger partial charge in [0, 0.05) is 18.8 Å². The van der Waals surface area contributed by atoms with E-state index in [9.17, 15) is 0 Å². The maximum absolute atomic E-state index is 5.53. The molecule has 2 nitrogen and oxygen atoms in total. The number of hydrogen-bond acceptors (Lipinski definition) is 2. The highest BCUT2D eigenvalue weighted by atomic mass is 16.5. The van der Waals surface area contributed by atoms with Crippen LogP contribution in [0.4, 0.5) is 5.69 Å². The van der Waals surface area contributed by atoms with Gasteiger partial charge in [0.05, 0.1) is 6.61 Å². The normalized spacial score (nSPS) is 10.4. The molecule has 0 unspecified atom stereocenters. The Labute approximate surface area is 121 Å². The third-order valence-electron chi connectivity index (χ3n) is 3.21. The average molecular weight is 269 g/mol. The Morgan fingerprint density at radius 2 is 1.55 bits per heavy atom. The number of nitrogens with one attached hydrogen (secondary N) is 1. The van der Waals surface area contributed by atoms with Crippen LogP contribution in [0, 0.1) is 0 Å². The molecule has 2 rings (SSSR count). The van der Waals surface area contributed by atoms with Gasteiger partial charge in [0.2, 0.25) is 0 Å². The predicted octanol–water partition coefficient (Wildman–Crippen LogP) is 4.58. The van der Waals surface area contributed by atoms with E-state index in [1.165, 1.54) is 17.5 Å². The summed E-state index contributed by atoms with van der Waals surface area (Å²) in [5, 5.41) is 3.38. The number of hydrogen-bond donors (Lipinski definition) is 1. The van der Waals surface area contributed by atoms with E-state index in [1.54, 1.807) is 0 Å². The Kier molecular flexibility index (Phi) is 6.12. The van der Waals surface area contributed by atoms with Crippen molar-refractivity contribution in [2.75, 3.05) is 25.1 Å². The van der Waals surface area contributed by atoms with Crippen molar-refractivity contribution in [3.05, 3.63) is 54.6 Å². The second-order valence-corrected chi connectivity index (χ2v) is 4.84. The summed E-state index contributed by atoms with van der Waals surface area (Å²) in [5.74, 6) is 0. The van der Waals surface area contributed by atoms with E-state index in [2.05, 4.69) is 60.8 Å². The maximum atomic E-state index is 5.53. The fourth-order valence-corrected chi connectivity index (χ4v) is 2.03. The van der Waals surface area contributed by atoms with Crippen molar-refractivity contribution < 1.29 is 4.74 Å². The minimum Gasteiger partial charge on any atom is -0.383 e. The molecular weight excluding hydrogens is 246 g/mol. The van der Waals surface area contributed by atoms with E-state index in [1.807, 2.05) is 6.07 Å². The van der Waals surface area contributed by atoms with E-state index < -0.39 is 0 Å². The summed E-state index contributed by atoms with van der Waals surface area (Å²) in [6, 6.07) is 19.0. The Balaban J connectivity index is 1.77. The lowest BCUT2D eigenvalue weighted by Gasteiger charge is -2.08. The van der Waals surface area contributed by atoms with Crippen LogP contribution >= 0.6 is 0 Å². The summed E-state index contributed by atoms with van der Waals surface area (Å²) in [5.41, 5.74) is 3.64. The molecule has 0 aliphatic rings. The first kappa shape index (κ1) is 14.6. The van der Waals surface area contributed by atoms with Crippen molar-refractivity contribution in [1.82, 2.24) is 0 Å². The van der Waals surface area contributed by atoms with Crippen molar-refractivity contribution in [3.8, 4) is 11.1 Å². The molecule has 0 aromatic heterocycles. The van der Waals surface area contributed by atoms with Gasteiger partial charge in [-0.1, -0.05) is 55.8 Å². The first-order valence-electron chi connectivity index (χ1n) is 7.37. The van der Waals surface area contributed by atoms with Crippen LogP contribution in [0.25, 0.3) is 11.1 Å². The second-order valence-electron chi connectivity index (χ2n) is 4.84. The van der Waals surface area contributed by atoms with Crippen molar-refractivity contribution in [1.29, 1.82) is 0 Å². The van der Waals surface area contributed by atoms with E-state index in [-0.39, 0.29) is 0 Å². The predicted molar refractivity (Wildman–Crippen MR) is 86.1 cm³/mol. The number of benzene rings is 2. The highest BCUT2D eigenvalue weighted by molar-refractivity contribution is 5.65. The zero-order valence-electron chi connectivity index (χ0n) is 12.1. The van der Waals surface area contributed by atoms with Crippen molar-refractivity contribution in [2.24, 2.45) is 0 Å². The molecule has 20 heavy (non-hydrogen) atoms. The lowest BCUT2D eigenvalue weighted by atomic mass is 10.1. The van der Waals surface area contributed by atoms with Crippen molar-refractivity contribution in [2.45, 2.75) is 19.8 Å². The van der Waals surface area contributed by atoms with Gasteiger partial charge in [-0.05, 0) is 29.7 Å². The van der Waals surface area contributed by atoms with Crippen LogP contribution in [-0.4, -0.2) is 19.8 Å². The highest BCUT2D eigenvalue weighted by Crippen LogP contribution is 2.20. The summed E-state index contributed by atoms with van der Waals surface area (Å²) in [7, 11) is 0. The molecule has 0 bridgehead atoms. The second kappa shape index (κ2) is 8.39. The molecule has 1 N–H and O–H groups in total. The van der Waals surface area contributed by atoms with Crippen LogP contribution in [0.1, 0.15) is 19.8 Å². The van der Waals surface area contributed by atoms with Gasteiger partial charge in [0.15, 0.2) is 0 Å². The Bertz CT molecular complexity index is 479. The number of anilines is 1. The molecule has 0 fully saturated rings. The van der Waals surface area contributed by atoms with Crippen LogP contribution in [-0.2, 0) is 4.74 Å².